The van der Waals surface area contributed by atoms with Gasteiger partial charge in [-0.15, -0.1) is 10.2 Å². The van der Waals surface area contributed by atoms with Crippen molar-refractivity contribution in [2.75, 3.05) is 12.4 Å². The number of carbonyl (C=O) groups is 1. The first kappa shape index (κ1) is 21.8. The van der Waals surface area contributed by atoms with Crippen LogP contribution >= 0.6 is 11.3 Å². The summed E-state index contributed by atoms with van der Waals surface area (Å²) in [6, 6.07) is 4.64. The van der Waals surface area contributed by atoms with Crippen molar-refractivity contribution in [3.63, 3.8) is 0 Å². The lowest BCUT2D eigenvalue weighted by atomic mass is 10.2. The average Bonchev–Trinajstić information content (AvgIpc) is 3.34. The van der Waals surface area contributed by atoms with Crippen molar-refractivity contribution in [1.29, 1.82) is 0 Å². The van der Waals surface area contributed by atoms with Gasteiger partial charge in [-0.2, -0.15) is 18.3 Å². The molecule has 2 aromatic heterocycles. The van der Waals surface area contributed by atoms with Crippen LogP contribution in [0.15, 0.2) is 30.5 Å². The molecule has 0 saturated heterocycles. The van der Waals surface area contributed by atoms with Gasteiger partial charge in [0, 0.05) is 6.42 Å². The van der Waals surface area contributed by atoms with E-state index in [0.29, 0.717) is 5.13 Å². The normalized spacial score (nSPS) is 11.5. The zero-order valence-corrected chi connectivity index (χ0v) is 17.2. The third-order valence-electron chi connectivity index (χ3n) is 4.24. The van der Waals surface area contributed by atoms with Crippen LogP contribution in [0.3, 0.4) is 0 Å². The number of rotatable bonds is 8. The minimum absolute atomic E-state index is 0.0716. The zero-order valence-electron chi connectivity index (χ0n) is 16.4. The van der Waals surface area contributed by atoms with Crippen molar-refractivity contribution in [3.05, 3.63) is 46.7 Å². The minimum Gasteiger partial charge on any atom is -0.493 e. The van der Waals surface area contributed by atoms with Crippen molar-refractivity contribution >= 4 is 22.4 Å². The maximum absolute atomic E-state index is 13.0. The molecule has 3 aromatic rings. The Balaban J connectivity index is 1.78. The maximum Gasteiger partial charge on any atom is 0.416 e. The number of nitrogens with zero attached hydrogens (tertiary/aromatic N) is 4. The van der Waals surface area contributed by atoms with Crippen LogP contribution in [0.5, 0.6) is 5.75 Å². The highest BCUT2D eigenvalue weighted by Gasteiger charge is 2.31. The molecule has 0 saturated carbocycles. The summed E-state index contributed by atoms with van der Waals surface area (Å²) < 4.78 is 45.3. The largest absolute Gasteiger partial charge is 0.493 e. The molecule has 0 fully saturated rings. The second-order valence-electron chi connectivity index (χ2n) is 6.45. The summed E-state index contributed by atoms with van der Waals surface area (Å²) in [7, 11) is 1.35. The number of methoxy groups -OCH3 is 1. The van der Waals surface area contributed by atoms with Crippen LogP contribution in [0, 0.1) is 0 Å². The number of aromatic nitrogens is 4. The summed E-state index contributed by atoms with van der Waals surface area (Å²) in [6.45, 7) is 2.11. The van der Waals surface area contributed by atoms with Crippen LogP contribution < -0.4 is 10.1 Å². The first-order chi connectivity index (χ1) is 14.3. The van der Waals surface area contributed by atoms with E-state index in [4.69, 9.17) is 4.74 Å². The second kappa shape index (κ2) is 9.24. The second-order valence-corrected chi connectivity index (χ2v) is 7.51. The summed E-state index contributed by atoms with van der Waals surface area (Å²) in [5.74, 6) is -0.466. The number of aryl methyl sites for hydroxylation is 1. The van der Waals surface area contributed by atoms with Crippen molar-refractivity contribution in [1.82, 2.24) is 20.0 Å². The Kier molecular flexibility index (Phi) is 6.70. The number of hydrogen-bond donors (Lipinski definition) is 1. The molecule has 1 aromatic carbocycles. The molecule has 3 rings (SSSR count). The smallest absolute Gasteiger partial charge is 0.416 e. The van der Waals surface area contributed by atoms with E-state index >= 15 is 0 Å². The molecule has 0 spiro atoms. The highest BCUT2D eigenvalue weighted by atomic mass is 32.1. The van der Waals surface area contributed by atoms with Gasteiger partial charge < -0.3 is 4.74 Å². The predicted octanol–water partition coefficient (Wildman–Crippen LogP) is 4.74. The van der Waals surface area contributed by atoms with Crippen LogP contribution in [0.4, 0.5) is 18.3 Å². The molecule has 2 heterocycles. The topological polar surface area (TPSA) is 81.9 Å². The van der Waals surface area contributed by atoms with Crippen LogP contribution in [0.1, 0.15) is 47.2 Å². The highest BCUT2D eigenvalue weighted by molar-refractivity contribution is 7.15. The maximum atomic E-state index is 13.0. The SMILES string of the molecule is CCCCCc1nnc(NC(=O)c2nn(-c3cccc(C(F)(F)F)c3)cc2OC)s1. The van der Waals surface area contributed by atoms with Crippen molar-refractivity contribution < 1.29 is 22.7 Å². The lowest BCUT2D eigenvalue weighted by Crippen LogP contribution is -2.14. The molecule has 0 bridgehead atoms. The Hall–Kier alpha value is -2.95. The highest BCUT2D eigenvalue weighted by Crippen LogP contribution is 2.31. The lowest BCUT2D eigenvalue weighted by molar-refractivity contribution is -0.137. The fraction of sp³-hybridized carbons (Fsp3) is 0.368. The number of ether oxygens (including phenoxy) is 1. The van der Waals surface area contributed by atoms with Gasteiger partial charge in [-0.1, -0.05) is 37.2 Å². The van der Waals surface area contributed by atoms with Gasteiger partial charge in [0.15, 0.2) is 11.4 Å². The monoisotopic (exact) mass is 439 g/mol. The molecule has 30 heavy (non-hydrogen) atoms. The van der Waals surface area contributed by atoms with E-state index in [0.717, 1.165) is 42.8 Å². The van der Waals surface area contributed by atoms with Crippen LogP contribution in [0.25, 0.3) is 5.69 Å². The first-order valence-corrected chi connectivity index (χ1v) is 10.1. The zero-order chi connectivity index (χ0) is 21.7. The van der Waals surface area contributed by atoms with Gasteiger partial charge in [-0.05, 0) is 24.6 Å². The number of nitrogens with one attached hydrogen (secondary N) is 1. The van der Waals surface area contributed by atoms with Gasteiger partial charge in [-0.3, -0.25) is 10.1 Å². The third kappa shape index (κ3) is 5.15. The number of carbonyl (C=O) groups excluding carboxylic acids is 1. The van der Waals surface area contributed by atoms with E-state index in [1.165, 1.54) is 41.5 Å². The number of amides is 1. The Bertz CT molecular complexity index is 1020. The van der Waals surface area contributed by atoms with Gasteiger partial charge in [0.1, 0.15) is 5.01 Å². The fourth-order valence-electron chi connectivity index (χ4n) is 2.71. The molecule has 160 valence electrons. The number of anilines is 1. The van der Waals surface area contributed by atoms with Crippen LogP contribution in [-0.4, -0.2) is 33.0 Å². The Morgan fingerprint density at radius 1 is 1.27 bits per heavy atom. The molecule has 0 aliphatic heterocycles. The van der Waals surface area contributed by atoms with Crippen molar-refractivity contribution in [3.8, 4) is 11.4 Å². The molecule has 1 amide bonds. The molecule has 0 radical (unpaired) electrons. The number of unbranched alkanes of at least 4 members (excludes halogenated alkanes) is 2. The van der Waals surface area contributed by atoms with Crippen molar-refractivity contribution in [2.24, 2.45) is 0 Å². The quantitative estimate of drug-likeness (QED) is 0.513. The van der Waals surface area contributed by atoms with E-state index in [1.807, 2.05) is 0 Å². The van der Waals surface area contributed by atoms with Crippen LogP contribution in [0.2, 0.25) is 0 Å². The van der Waals surface area contributed by atoms with Gasteiger partial charge in [0.2, 0.25) is 5.13 Å². The minimum atomic E-state index is -4.49. The number of benzene rings is 1. The summed E-state index contributed by atoms with van der Waals surface area (Å²) in [6.07, 6.45) is 0.826. The third-order valence-corrected chi connectivity index (χ3v) is 5.13. The van der Waals surface area contributed by atoms with Crippen molar-refractivity contribution in [2.45, 2.75) is 38.8 Å². The molecule has 0 atom stereocenters. The lowest BCUT2D eigenvalue weighted by Gasteiger charge is -2.08. The van der Waals surface area contributed by atoms with Gasteiger partial charge in [0.05, 0.1) is 24.6 Å². The van der Waals surface area contributed by atoms with Gasteiger partial charge in [-0.25, -0.2) is 4.68 Å². The standard InChI is InChI=1S/C19H20F3N5O2S/c1-3-4-5-9-15-24-25-18(30-15)23-17(28)16-14(29-2)11-27(26-16)13-8-6-7-12(10-13)19(20,21)22/h6-8,10-11H,3-5,9H2,1-2H3,(H,23,25,28). The predicted molar refractivity (Wildman–Crippen MR) is 106 cm³/mol. The summed E-state index contributed by atoms with van der Waals surface area (Å²) in [5, 5.41) is 15.9. The van der Waals surface area contributed by atoms with E-state index in [9.17, 15) is 18.0 Å². The molecule has 0 aliphatic carbocycles. The van der Waals surface area contributed by atoms with E-state index in [1.54, 1.807) is 0 Å². The Labute approximate surface area is 174 Å². The molecule has 7 nitrogen and oxygen atoms in total. The number of hydrogen-bond acceptors (Lipinski definition) is 6. The van der Waals surface area contributed by atoms with E-state index in [2.05, 4.69) is 27.5 Å². The van der Waals surface area contributed by atoms with E-state index < -0.39 is 17.6 Å². The molecule has 0 unspecified atom stereocenters. The Morgan fingerprint density at radius 2 is 2.07 bits per heavy atom. The summed E-state index contributed by atoms with van der Waals surface area (Å²) in [5.41, 5.74) is -0.737. The fourth-order valence-corrected chi connectivity index (χ4v) is 3.49. The number of halogens is 3. The molecule has 11 heteroatoms. The molecular weight excluding hydrogens is 419 g/mol. The summed E-state index contributed by atoms with van der Waals surface area (Å²) in [4.78, 5) is 12.6. The molecule has 1 N–H and O–H groups in total. The van der Waals surface area contributed by atoms with Gasteiger partial charge >= 0.3 is 6.18 Å². The van der Waals surface area contributed by atoms with E-state index in [-0.39, 0.29) is 17.1 Å². The summed E-state index contributed by atoms with van der Waals surface area (Å²) >= 11 is 1.27. The molecule has 0 aliphatic rings. The first-order valence-electron chi connectivity index (χ1n) is 9.27. The van der Waals surface area contributed by atoms with Gasteiger partial charge in [0.25, 0.3) is 5.91 Å². The average molecular weight is 439 g/mol. The van der Waals surface area contributed by atoms with Crippen LogP contribution in [-0.2, 0) is 12.6 Å². The number of alkyl halides is 3. The molecular formula is C19H20F3N5O2S. The Morgan fingerprint density at radius 3 is 2.77 bits per heavy atom.